The molecular formula is C23H32O5. The standard InChI is InChI=1S/C23H32O5/c1-8-27-22(26-7)28-20-13-12-18(15-19(20)23(4,5)6)17(3)11-9-10-16(2)14-21(24)25/h9-15,22H,8H2,1-7H3,(H,24,25)/b10-9?,16-14+,17-11?. The van der Waals surface area contributed by atoms with Crippen LogP contribution in [-0.2, 0) is 19.7 Å². The molecule has 0 aliphatic rings. The minimum atomic E-state index is -0.949. The molecular weight excluding hydrogens is 356 g/mol. The summed E-state index contributed by atoms with van der Waals surface area (Å²) in [5, 5.41) is 8.76. The molecule has 5 nitrogen and oxygen atoms in total. The highest BCUT2D eigenvalue weighted by molar-refractivity contribution is 5.81. The van der Waals surface area contributed by atoms with Gasteiger partial charge in [-0.15, -0.1) is 0 Å². The second kappa shape index (κ2) is 10.8. The van der Waals surface area contributed by atoms with E-state index in [1.807, 2.05) is 38.1 Å². The highest BCUT2D eigenvalue weighted by atomic mass is 16.8. The minimum absolute atomic E-state index is 0.132. The van der Waals surface area contributed by atoms with Crippen molar-refractivity contribution >= 4 is 11.5 Å². The summed E-state index contributed by atoms with van der Waals surface area (Å²) in [5.74, 6) is -0.227. The molecule has 0 fully saturated rings. The van der Waals surface area contributed by atoms with Gasteiger partial charge in [0.25, 0.3) is 0 Å². The Morgan fingerprint density at radius 2 is 1.93 bits per heavy atom. The van der Waals surface area contributed by atoms with Crippen molar-refractivity contribution in [3.8, 4) is 5.75 Å². The van der Waals surface area contributed by atoms with Gasteiger partial charge in [-0.3, -0.25) is 0 Å². The van der Waals surface area contributed by atoms with E-state index in [1.54, 1.807) is 20.1 Å². The number of carbonyl (C=O) groups is 1. The number of benzene rings is 1. The van der Waals surface area contributed by atoms with Gasteiger partial charge in [-0.05, 0) is 55.0 Å². The summed E-state index contributed by atoms with van der Waals surface area (Å²) >= 11 is 0. The van der Waals surface area contributed by atoms with Crippen LogP contribution in [0.25, 0.3) is 5.57 Å². The van der Waals surface area contributed by atoms with Crippen molar-refractivity contribution in [1.82, 2.24) is 0 Å². The molecule has 1 aromatic carbocycles. The normalized spacial score (nSPS) is 14.4. The van der Waals surface area contributed by atoms with Gasteiger partial charge >= 0.3 is 12.4 Å². The number of carboxylic acids is 1. The van der Waals surface area contributed by atoms with Gasteiger partial charge in [0.05, 0.1) is 6.61 Å². The van der Waals surface area contributed by atoms with Crippen LogP contribution in [0.5, 0.6) is 5.75 Å². The first kappa shape index (κ1) is 23.7. The summed E-state index contributed by atoms with van der Waals surface area (Å²) in [7, 11) is 1.55. The Labute approximate surface area is 168 Å². The second-order valence-electron chi connectivity index (χ2n) is 7.49. The molecule has 0 heterocycles. The molecule has 0 saturated heterocycles. The van der Waals surface area contributed by atoms with Crippen LogP contribution in [0.15, 0.2) is 48.1 Å². The van der Waals surface area contributed by atoms with Gasteiger partial charge in [0, 0.05) is 18.7 Å². The molecule has 0 aliphatic heterocycles. The van der Waals surface area contributed by atoms with E-state index in [-0.39, 0.29) is 5.41 Å². The Hall–Kier alpha value is -2.37. The molecule has 0 radical (unpaired) electrons. The van der Waals surface area contributed by atoms with Crippen molar-refractivity contribution in [3.63, 3.8) is 0 Å². The third-order valence-corrected chi connectivity index (χ3v) is 4.02. The lowest BCUT2D eigenvalue weighted by atomic mass is 9.84. The Morgan fingerprint density at radius 3 is 2.46 bits per heavy atom. The lowest BCUT2D eigenvalue weighted by Crippen LogP contribution is -2.24. The topological polar surface area (TPSA) is 65.0 Å². The van der Waals surface area contributed by atoms with Gasteiger partial charge in [0.1, 0.15) is 5.75 Å². The zero-order chi connectivity index (χ0) is 21.3. The van der Waals surface area contributed by atoms with Gasteiger partial charge in [0.2, 0.25) is 0 Å². The molecule has 1 unspecified atom stereocenters. The summed E-state index contributed by atoms with van der Waals surface area (Å²) in [6, 6.07) is 6.02. The SMILES string of the molecule is CCOC(OC)Oc1ccc(C(C)=CC=C/C(C)=C/C(=O)O)cc1C(C)(C)C. The van der Waals surface area contributed by atoms with Crippen molar-refractivity contribution in [2.45, 2.75) is 53.4 Å². The zero-order valence-corrected chi connectivity index (χ0v) is 17.9. The molecule has 0 amide bonds. The maximum absolute atomic E-state index is 10.7. The summed E-state index contributed by atoms with van der Waals surface area (Å²) in [6.45, 7) is 11.8. The van der Waals surface area contributed by atoms with Crippen LogP contribution in [0.2, 0.25) is 0 Å². The van der Waals surface area contributed by atoms with Crippen LogP contribution >= 0.6 is 0 Å². The smallest absolute Gasteiger partial charge is 0.328 e. The molecule has 154 valence electrons. The molecule has 0 aliphatic carbocycles. The molecule has 0 bridgehead atoms. The Morgan fingerprint density at radius 1 is 1.25 bits per heavy atom. The van der Waals surface area contributed by atoms with Gasteiger partial charge < -0.3 is 19.3 Å². The fraction of sp³-hybridized carbons (Fsp3) is 0.435. The molecule has 28 heavy (non-hydrogen) atoms. The van der Waals surface area contributed by atoms with Gasteiger partial charge in [-0.2, -0.15) is 0 Å². The van der Waals surface area contributed by atoms with Crippen molar-refractivity contribution in [2.75, 3.05) is 13.7 Å². The van der Waals surface area contributed by atoms with Crippen LogP contribution in [0.3, 0.4) is 0 Å². The molecule has 0 aromatic heterocycles. The first-order chi connectivity index (χ1) is 13.1. The summed E-state index contributed by atoms with van der Waals surface area (Å²) in [4.78, 5) is 10.7. The van der Waals surface area contributed by atoms with E-state index in [1.165, 1.54) is 6.08 Å². The Bertz CT molecular complexity index is 751. The second-order valence-corrected chi connectivity index (χ2v) is 7.49. The van der Waals surface area contributed by atoms with Crippen LogP contribution in [0.1, 0.15) is 52.7 Å². The molecule has 1 N–H and O–H groups in total. The van der Waals surface area contributed by atoms with Crippen LogP contribution in [0, 0.1) is 0 Å². The number of hydrogen-bond donors (Lipinski definition) is 1. The predicted molar refractivity (Wildman–Crippen MR) is 112 cm³/mol. The Balaban J connectivity index is 3.16. The molecule has 0 spiro atoms. The monoisotopic (exact) mass is 388 g/mol. The first-order valence-electron chi connectivity index (χ1n) is 9.30. The largest absolute Gasteiger partial charge is 0.478 e. The van der Waals surface area contributed by atoms with E-state index in [0.29, 0.717) is 12.2 Å². The van der Waals surface area contributed by atoms with Crippen LogP contribution in [0.4, 0.5) is 0 Å². The van der Waals surface area contributed by atoms with Crippen molar-refractivity contribution in [3.05, 3.63) is 59.2 Å². The number of ether oxygens (including phenoxy) is 3. The number of allylic oxidation sites excluding steroid dienone is 5. The molecule has 1 rings (SSSR count). The van der Waals surface area contributed by atoms with Crippen molar-refractivity contribution in [1.29, 1.82) is 0 Å². The summed E-state index contributed by atoms with van der Waals surface area (Å²) < 4.78 is 16.6. The molecule has 0 saturated carbocycles. The lowest BCUT2D eigenvalue weighted by Gasteiger charge is -2.26. The molecule has 5 heteroatoms. The van der Waals surface area contributed by atoms with Crippen molar-refractivity contribution < 1.29 is 24.1 Å². The highest BCUT2D eigenvalue weighted by Gasteiger charge is 2.22. The van der Waals surface area contributed by atoms with Crippen LogP contribution < -0.4 is 4.74 Å². The van der Waals surface area contributed by atoms with E-state index in [4.69, 9.17) is 19.3 Å². The fourth-order valence-electron chi connectivity index (χ4n) is 2.54. The first-order valence-corrected chi connectivity index (χ1v) is 9.30. The van der Waals surface area contributed by atoms with E-state index in [2.05, 4.69) is 26.8 Å². The fourth-order valence-corrected chi connectivity index (χ4v) is 2.54. The number of aliphatic carboxylic acids is 1. The van der Waals surface area contributed by atoms with Crippen molar-refractivity contribution in [2.24, 2.45) is 0 Å². The minimum Gasteiger partial charge on any atom is -0.478 e. The quantitative estimate of drug-likeness (QED) is 0.352. The number of carboxylic acid groups (broad SMARTS) is 1. The number of methoxy groups -OCH3 is 1. The van der Waals surface area contributed by atoms with Gasteiger partial charge in [0.15, 0.2) is 0 Å². The third-order valence-electron chi connectivity index (χ3n) is 4.02. The maximum Gasteiger partial charge on any atom is 0.328 e. The average molecular weight is 389 g/mol. The van der Waals surface area contributed by atoms with E-state index < -0.39 is 12.4 Å². The zero-order valence-electron chi connectivity index (χ0n) is 17.9. The average Bonchev–Trinajstić information content (AvgIpc) is 2.59. The number of hydrogen-bond acceptors (Lipinski definition) is 4. The van der Waals surface area contributed by atoms with E-state index >= 15 is 0 Å². The van der Waals surface area contributed by atoms with Gasteiger partial charge in [-0.25, -0.2) is 4.79 Å². The van der Waals surface area contributed by atoms with Gasteiger partial charge in [-0.1, -0.05) is 45.1 Å². The van der Waals surface area contributed by atoms with E-state index in [9.17, 15) is 4.79 Å². The summed E-state index contributed by atoms with van der Waals surface area (Å²) in [6.07, 6.45) is 6.75. The van der Waals surface area contributed by atoms with E-state index in [0.717, 1.165) is 22.4 Å². The Kier molecular flexibility index (Phi) is 9.16. The third kappa shape index (κ3) is 7.71. The maximum atomic E-state index is 10.7. The molecule has 1 atom stereocenters. The highest BCUT2D eigenvalue weighted by Crippen LogP contribution is 2.34. The van der Waals surface area contributed by atoms with Crippen LogP contribution in [-0.4, -0.2) is 31.3 Å². The summed E-state index contributed by atoms with van der Waals surface area (Å²) in [5.41, 5.74) is 3.71. The predicted octanol–water partition coefficient (Wildman–Crippen LogP) is 5.32. The lowest BCUT2D eigenvalue weighted by molar-refractivity contribution is -0.231. The molecule has 1 aromatic rings. The number of rotatable bonds is 9.